The molecule has 0 bridgehead atoms. The lowest BCUT2D eigenvalue weighted by molar-refractivity contribution is -0.117. The number of rotatable bonds is 2. The van der Waals surface area contributed by atoms with Crippen LogP contribution in [0.1, 0.15) is 6.42 Å². The van der Waals surface area contributed by atoms with Gasteiger partial charge in [0.1, 0.15) is 0 Å². The van der Waals surface area contributed by atoms with E-state index in [-0.39, 0.29) is 11.8 Å². The quantitative estimate of drug-likeness (QED) is 0.578. The van der Waals surface area contributed by atoms with Gasteiger partial charge in [-0.05, 0) is 29.6 Å². The van der Waals surface area contributed by atoms with Crippen LogP contribution in [0.2, 0.25) is 0 Å². The summed E-state index contributed by atoms with van der Waals surface area (Å²) in [5, 5.41) is -0.900. The lowest BCUT2D eigenvalue weighted by Gasteiger charge is -1.82. The molecule has 0 N–H and O–H groups in total. The maximum atomic E-state index is 10.3. The summed E-state index contributed by atoms with van der Waals surface area (Å²) >= 11 is 10.1. The molecule has 0 aromatic heterocycles. The summed E-state index contributed by atoms with van der Waals surface area (Å²) in [4.78, 5) is 20.6. The average Bonchev–Trinajstić information content (AvgIpc) is 2.39. The van der Waals surface area contributed by atoms with E-state index in [1.807, 2.05) is 0 Å². The Balaban J connectivity index is 2.42. The Morgan fingerprint density at radius 2 is 1.44 bits per heavy atom. The van der Waals surface area contributed by atoms with E-state index in [1.54, 1.807) is 0 Å². The fourth-order valence-electron chi connectivity index (χ4n) is 0.697. The topological polar surface area (TPSA) is 34.1 Å². The van der Waals surface area contributed by atoms with Crippen molar-refractivity contribution in [2.45, 2.75) is 6.42 Å². The number of hydrogen-bond donors (Lipinski definition) is 0. The Labute approximate surface area is 62.1 Å². The second-order valence-corrected chi connectivity index (χ2v) is 2.80. The van der Waals surface area contributed by atoms with Crippen LogP contribution in [0.4, 0.5) is 0 Å². The van der Waals surface area contributed by atoms with Crippen LogP contribution < -0.4 is 0 Å². The summed E-state index contributed by atoms with van der Waals surface area (Å²) in [6.45, 7) is 0. The smallest absolute Gasteiger partial charge is 0.225 e. The molecule has 0 aromatic carbocycles. The van der Waals surface area contributed by atoms with Crippen molar-refractivity contribution < 1.29 is 9.59 Å². The highest BCUT2D eigenvalue weighted by atomic mass is 35.5. The molecule has 2 atom stereocenters. The Hall–Kier alpha value is -0.0800. The van der Waals surface area contributed by atoms with E-state index in [0.29, 0.717) is 6.42 Å². The molecule has 0 amide bonds. The van der Waals surface area contributed by atoms with E-state index in [1.165, 1.54) is 0 Å². The van der Waals surface area contributed by atoms with Crippen LogP contribution >= 0.6 is 23.2 Å². The van der Waals surface area contributed by atoms with Gasteiger partial charge in [-0.1, -0.05) is 0 Å². The zero-order valence-electron chi connectivity index (χ0n) is 4.43. The van der Waals surface area contributed by atoms with Crippen molar-refractivity contribution in [3.63, 3.8) is 0 Å². The van der Waals surface area contributed by atoms with Gasteiger partial charge in [-0.15, -0.1) is 0 Å². The zero-order valence-corrected chi connectivity index (χ0v) is 5.95. The summed E-state index contributed by atoms with van der Waals surface area (Å²) in [6, 6.07) is 0. The van der Waals surface area contributed by atoms with Crippen molar-refractivity contribution in [1.29, 1.82) is 0 Å². The third-order valence-corrected chi connectivity index (χ3v) is 1.93. The van der Waals surface area contributed by atoms with Gasteiger partial charge in [0.25, 0.3) is 0 Å². The molecule has 0 heterocycles. The first kappa shape index (κ1) is 7.03. The highest BCUT2D eigenvalue weighted by Crippen LogP contribution is 2.41. The third kappa shape index (κ3) is 1.43. The SMILES string of the molecule is O=C(Cl)[C@H]1C[C@@H]1C(=O)Cl. The lowest BCUT2D eigenvalue weighted by Crippen LogP contribution is -1.96. The molecular formula is C5H4Cl2O2. The maximum absolute atomic E-state index is 10.3. The minimum absolute atomic E-state index is 0.295. The lowest BCUT2D eigenvalue weighted by atomic mass is 10.4. The number of halogens is 2. The van der Waals surface area contributed by atoms with Crippen LogP contribution in [0.15, 0.2) is 0 Å². The van der Waals surface area contributed by atoms with Crippen LogP contribution in [0.5, 0.6) is 0 Å². The predicted molar refractivity (Wildman–Crippen MR) is 33.3 cm³/mol. The van der Waals surface area contributed by atoms with Crippen molar-refractivity contribution in [1.82, 2.24) is 0 Å². The highest BCUT2D eigenvalue weighted by molar-refractivity contribution is 6.67. The Morgan fingerprint density at radius 3 is 1.56 bits per heavy atom. The summed E-state index contributed by atoms with van der Waals surface area (Å²) in [5.74, 6) is -0.590. The van der Waals surface area contributed by atoms with Crippen molar-refractivity contribution in [3.05, 3.63) is 0 Å². The molecule has 0 unspecified atom stereocenters. The molecule has 0 aromatic rings. The standard InChI is InChI=1S/C5H4Cl2O2/c6-4(8)2-1-3(2)5(7)9/h2-3H,1H2/t2-,3-/m0/s1. The molecule has 0 spiro atoms. The van der Waals surface area contributed by atoms with Gasteiger partial charge in [0, 0.05) is 11.8 Å². The number of carbonyl (C=O) groups is 2. The highest BCUT2D eigenvalue weighted by Gasteiger charge is 2.46. The fourth-order valence-corrected chi connectivity index (χ4v) is 1.18. The van der Waals surface area contributed by atoms with Crippen LogP contribution in [0.3, 0.4) is 0 Å². The van der Waals surface area contributed by atoms with E-state index in [4.69, 9.17) is 23.2 Å². The van der Waals surface area contributed by atoms with Crippen molar-refractivity contribution in [2.24, 2.45) is 11.8 Å². The first-order chi connectivity index (χ1) is 4.13. The molecule has 0 aliphatic heterocycles. The van der Waals surface area contributed by atoms with E-state index < -0.39 is 10.5 Å². The van der Waals surface area contributed by atoms with Crippen LogP contribution in [-0.4, -0.2) is 10.5 Å². The number of carbonyl (C=O) groups excluding carboxylic acids is 2. The molecule has 1 aliphatic carbocycles. The zero-order chi connectivity index (χ0) is 7.02. The average molecular weight is 167 g/mol. The largest absolute Gasteiger partial charge is 0.281 e. The van der Waals surface area contributed by atoms with Gasteiger partial charge in [-0.25, -0.2) is 0 Å². The van der Waals surface area contributed by atoms with Gasteiger partial charge in [-0.3, -0.25) is 9.59 Å². The number of hydrogen-bond acceptors (Lipinski definition) is 2. The Bertz CT molecular complexity index is 148. The van der Waals surface area contributed by atoms with E-state index in [2.05, 4.69) is 0 Å². The summed E-state index contributed by atoms with van der Waals surface area (Å²) < 4.78 is 0. The molecule has 0 radical (unpaired) electrons. The maximum Gasteiger partial charge on any atom is 0.225 e. The first-order valence-electron chi connectivity index (χ1n) is 2.51. The van der Waals surface area contributed by atoms with Crippen molar-refractivity contribution >= 4 is 33.7 Å². The predicted octanol–water partition coefficient (Wildman–Crippen LogP) is 1.15. The van der Waals surface area contributed by atoms with Gasteiger partial charge < -0.3 is 0 Å². The van der Waals surface area contributed by atoms with Gasteiger partial charge in [0.2, 0.25) is 10.5 Å². The fraction of sp³-hybridized carbons (Fsp3) is 0.600. The van der Waals surface area contributed by atoms with Crippen LogP contribution in [0, 0.1) is 11.8 Å². The van der Waals surface area contributed by atoms with Gasteiger partial charge in [0.05, 0.1) is 0 Å². The molecular weight excluding hydrogens is 163 g/mol. The molecule has 1 aliphatic rings. The molecule has 1 rings (SSSR count). The van der Waals surface area contributed by atoms with Crippen LogP contribution in [-0.2, 0) is 9.59 Å². The van der Waals surface area contributed by atoms with Gasteiger partial charge in [-0.2, -0.15) is 0 Å². The van der Waals surface area contributed by atoms with E-state index >= 15 is 0 Å². The molecule has 1 saturated carbocycles. The second kappa shape index (κ2) is 2.27. The van der Waals surface area contributed by atoms with E-state index in [9.17, 15) is 9.59 Å². The summed E-state index contributed by atoms with van der Waals surface area (Å²) in [6.07, 6.45) is 0.532. The third-order valence-electron chi connectivity index (χ3n) is 1.37. The minimum Gasteiger partial charge on any atom is -0.281 e. The molecule has 4 heteroatoms. The van der Waals surface area contributed by atoms with Crippen molar-refractivity contribution in [2.75, 3.05) is 0 Å². The second-order valence-electron chi connectivity index (χ2n) is 2.06. The molecule has 50 valence electrons. The normalized spacial score (nSPS) is 31.8. The van der Waals surface area contributed by atoms with Gasteiger partial charge in [0.15, 0.2) is 0 Å². The van der Waals surface area contributed by atoms with Gasteiger partial charge >= 0.3 is 0 Å². The van der Waals surface area contributed by atoms with E-state index in [0.717, 1.165) is 0 Å². The summed E-state index contributed by atoms with van der Waals surface area (Å²) in [5.41, 5.74) is 0. The minimum atomic E-state index is -0.450. The first-order valence-corrected chi connectivity index (χ1v) is 3.27. The molecule has 0 saturated heterocycles. The molecule has 9 heavy (non-hydrogen) atoms. The molecule has 2 nitrogen and oxygen atoms in total. The van der Waals surface area contributed by atoms with Crippen LogP contribution in [0.25, 0.3) is 0 Å². The molecule has 1 fully saturated rings. The Morgan fingerprint density at radius 1 is 1.11 bits per heavy atom. The Kier molecular flexibility index (Phi) is 1.78. The monoisotopic (exact) mass is 166 g/mol. The summed E-state index contributed by atoms with van der Waals surface area (Å²) in [7, 11) is 0. The van der Waals surface area contributed by atoms with Crippen molar-refractivity contribution in [3.8, 4) is 0 Å².